The largest absolute Gasteiger partial charge is 0.372 e. The zero-order valence-electron chi connectivity index (χ0n) is 11.5. The highest BCUT2D eigenvalue weighted by molar-refractivity contribution is 6.03. The molecule has 21 heavy (non-hydrogen) atoms. The minimum Gasteiger partial charge on any atom is -0.372 e. The smallest absolute Gasteiger partial charge is 0.275 e. The Kier molecular flexibility index (Phi) is 4.07. The molecule has 2 aromatic rings. The average Bonchev–Trinajstić information content (AvgIpc) is 2.49. The van der Waals surface area contributed by atoms with Crippen LogP contribution in [0.4, 0.5) is 17.2 Å². The van der Waals surface area contributed by atoms with Gasteiger partial charge in [-0.25, -0.2) is 4.98 Å². The van der Waals surface area contributed by atoms with E-state index in [-0.39, 0.29) is 11.4 Å². The van der Waals surface area contributed by atoms with Crippen molar-refractivity contribution in [2.24, 2.45) is 0 Å². The van der Waals surface area contributed by atoms with Gasteiger partial charge in [0.15, 0.2) is 0 Å². The first-order valence-corrected chi connectivity index (χ1v) is 6.08. The molecule has 0 spiro atoms. The van der Waals surface area contributed by atoms with E-state index in [2.05, 4.69) is 20.6 Å². The lowest BCUT2D eigenvalue weighted by Gasteiger charge is -2.08. The molecule has 108 valence electrons. The zero-order chi connectivity index (χ0) is 15.4. The normalized spacial score (nSPS) is 10.0. The van der Waals surface area contributed by atoms with Crippen LogP contribution in [-0.2, 0) is 0 Å². The molecule has 1 aromatic heterocycles. The van der Waals surface area contributed by atoms with Crippen LogP contribution in [0, 0.1) is 17.0 Å². The lowest BCUT2D eigenvalue weighted by Crippen LogP contribution is -2.15. The maximum Gasteiger partial charge on any atom is 0.275 e. The molecule has 8 heteroatoms. The first kappa shape index (κ1) is 14.4. The second-order valence-corrected chi connectivity index (χ2v) is 4.20. The van der Waals surface area contributed by atoms with Gasteiger partial charge in [-0.2, -0.15) is 0 Å². The van der Waals surface area contributed by atoms with Gasteiger partial charge in [-0.05, 0) is 13.0 Å². The van der Waals surface area contributed by atoms with Crippen molar-refractivity contribution in [3.63, 3.8) is 0 Å². The standard InChI is InChI=1S/C13H13N5O3/c1-8-9(4-3-5-11(8)18(20)21)17-13(19)10-6-15-7-12(14-2)16-10/h3-7H,1-2H3,(H,14,16)(H,17,19). The molecule has 0 unspecified atom stereocenters. The molecular weight excluding hydrogens is 274 g/mol. The summed E-state index contributed by atoms with van der Waals surface area (Å²) in [5.74, 6) is -0.0263. The molecule has 2 N–H and O–H groups in total. The third-order valence-corrected chi connectivity index (χ3v) is 2.87. The van der Waals surface area contributed by atoms with Crippen molar-refractivity contribution in [3.05, 3.63) is 52.0 Å². The molecule has 0 fully saturated rings. The lowest BCUT2D eigenvalue weighted by atomic mass is 10.1. The summed E-state index contributed by atoms with van der Waals surface area (Å²) in [5, 5.41) is 16.3. The summed E-state index contributed by atoms with van der Waals surface area (Å²) in [6.45, 7) is 1.57. The van der Waals surface area contributed by atoms with Crippen LogP contribution >= 0.6 is 0 Å². The SMILES string of the molecule is CNc1cncc(C(=O)Nc2cccc([N+](=O)[O-])c2C)n1. The number of carbonyl (C=O) groups excluding carboxylic acids is 1. The van der Waals surface area contributed by atoms with E-state index in [9.17, 15) is 14.9 Å². The van der Waals surface area contributed by atoms with E-state index in [4.69, 9.17) is 0 Å². The van der Waals surface area contributed by atoms with Crippen molar-refractivity contribution >= 4 is 23.1 Å². The predicted molar refractivity (Wildman–Crippen MR) is 77.4 cm³/mol. The Morgan fingerprint density at radius 1 is 1.33 bits per heavy atom. The molecule has 0 aliphatic carbocycles. The van der Waals surface area contributed by atoms with Gasteiger partial charge in [0.05, 0.1) is 28.6 Å². The van der Waals surface area contributed by atoms with E-state index >= 15 is 0 Å². The molecule has 1 amide bonds. The highest BCUT2D eigenvalue weighted by atomic mass is 16.6. The van der Waals surface area contributed by atoms with Crippen LogP contribution in [-0.4, -0.2) is 27.8 Å². The number of anilines is 2. The minimum absolute atomic E-state index is 0.0529. The summed E-state index contributed by atoms with van der Waals surface area (Å²) in [6, 6.07) is 4.48. The van der Waals surface area contributed by atoms with Crippen LogP contribution in [0.25, 0.3) is 0 Å². The van der Waals surface area contributed by atoms with E-state index in [1.54, 1.807) is 20.0 Å². The molecule has 1 aromatic carbocycles. The van der Waals surface area contributed by atoms with Gasteiger partial charge in [-0.15, -0.1) is 0 Å². The van der Waals surface area contributed by atoms with Gasteiger partial charge in [0, 0.05) is 13.1 Å². The Morgan fingerprint density at radius 3 is 2.76 bits per heavy atom. The molecule has 0 saturated carbocycles. The summed E-state index contributed by atoms with van der Waals surface area (Å²) in [7, 11) is 1.66. The Balaban J connectivity index is 2.27. The molecule has 0 aliphatic rings. The number of hydrogen-bond donors (Lipinski definition) is 2. The van der Waals surface area contributed by atoms with E-state index in [0.29, 0.717) is 17.1 Å². The van der Waals surface area contributed by atoms with E-state index in [0.717, 1.165) is 0 Å². The fourth-order valence-electron chi connectivity index (χ4n) is 1.74. The first-order valence-electron chi connectivity index (χ1n) is 6.08. The molecule has 0 saturated heterocycles. The molecular formula is C13H13N5O3. The van der Waals surface area contributed by atoms with Gasteiger partial charge in [0.1, 0.15) is 11.5 Å². The van der Waals surface area contributed by atoms with Gasteiger partial charge in [-0.1, -0.05) is 6.07 Å². The highest BCUT2D eigenvalue weighted by Gasteiger charge is 2.16. The van der Waals surface area contributed by atoms with Crippen LogP contribution in [0.3, 0.4) is 0 Å². The van der Waals surface area contributed by atoms with Gasteiger partial charge in [0.2, 0.25) is 0 Å². The van der Waals surface area contributed by atoms with E-state index in [1.807, 2.05) is 0 Å². The maximum atomic E-state index is 12.1. The summed E-state index contributed by atoms with van der Waals surface area (Å²) < 4.78 is 0. The Bertz CT molecular complexity index is 702. The molecule has 0 atom stereocenters. The number of nitro benzene ring substituents is 1. The first-order chi connectivity index (χ1) is 10.0. The number of hydrogen-bond acceptors (Lipinski definition) is 6. The zero-order valence-corrected chi connectivity index (χ0v) is 11.5. The second-order valence-electron chi connectivity index (χ2n) is 4.20. The number of nitrogens with zero attached hydrogens (tertiary/aromatic N) is 3. The summed E-state index contributed by atoms with van der Waals surface area (Å²) in [6.07, 6.45) is 2.80. The van der Waals surface area contributed by atoms with Crippen molar-refractivity contribution < 1.29 is 9.72 Å². The number of aromatic nitrogens is 2. The average molecular weight is 287 g/mol. The number of amides is 1. The Morgan fingerprint density at radius 2 is 2.10 bits per heavy atom. The molecule has 2 rings (SSSR count). The monoisotopic (exact) mass is 287 g/mol. The molecule has 8 nitrogen and oxygen atoms in total. The quantitative estimate of drug-likeness (QED) is 0.657. The van der Waals surface area contributed by atoms with Crippen LogP contribution in [0.2, 0.25) is 0 Å². The third-order valence-electron chi connectivity index (χ3n) is 2.87. The van der Waals surface area contributed by atoms with Crippen molar-refractivity contribution in [2.45, 2.75) is 6.92 Å². The fourth-order valence-corrected chi connectivity index (χ4v) is 1.74. The summed E-state index contributed by atoms with van der Waals surface area (Å²) in [4.78, 5) is 30.4. The van der Waals surface area contributed by atoms with Crippen LogP contribution in [0.1, 0.15) is 16.1 Å². The maximum absolute atomic E-state index is 12.1. The molecule has 0 aliphatic heterocycles. The van der Waals surface area contributed by atoms with E-state index in [1.165, 1.54) is 24.5 Å². The topological polar surface area (TPSA) is 110 Å². The lowest BCUT2D eigenvalue weighted by molar-refractivity contribution is -0.385. The van der Waals surface area contributed by atoms with Gasteiger partial charge < -0.3 is 10.6 Å². The highest BCUT2D eigenvalue weighted by Crippen LogP contribution is 2.25. The Labute approximate surface area is 120 Å². The molecule has 0 bridgehead atoms. The number of carbonyl (C=O) groups is 1. The number of benzene rings is 1. The molecule has 0 radical (unpaired) electrons. The fraction of sp³-hybridized carbons (Fsp3) is 0.154. The molecule has 1 heterocycles. The number of nitro groups is 1. The second kappa shape index (κ2) is 5.95. The number of rotatable bonds is 4. The number of nitrogens with one attached hydrogen (secondary N) is 2. The van der Waals surface area contributed by atoms with Gasteiger partial charge >= 0.3 is 0 Å². The van der Waals surface area contributed by atoms with Crippen molar-refractivity contribution in [1.29, 1.82) is 0 Å². The van der Waals surface area contributed by atoms with Crippen LogP contribution in [0.15, 0.2) is 30.6 Å². The predicted octanol–water partition coefficient (Wildman–Crippen LogP) is 1.99. The van der Waals surface area contributed by atoms with Crippen LogP contribution in [0.5, 0.6) is 0 Å². The van der Waals surface area contributed by atoms with Crippen molar-refractivity contribution in [2.75, 3.05) is 17.7 Å². The van der Waals surface area contributed by atoms with Crippen molar-refractivity contribution in [1.82, 2.24) is 9.97 Å². The Hall–Kier alpha value is -3.03. The summed E-state index contributed by atoms with van der Waals surface area (Å²) in [5.41, 5.74) is 0.815. The van der Waals surface area contributed by atoms with Crippen LogP contribution < -0.4 is 10.6 Å². The summed E-state index contributed by atoms with van der Waals surface area (Å²) >= 11 is 0. The third kappa shape index (κ3) is 3.11. The van der Waals surface area contributed by atoms with E-state index < -0.39 is 10.8 Å². The van der Waals surface area contributed by atoms with Gasteiger partial charge in [-0.3, -0.25) is 19.9 Å². The van der Waals surface area contributed by atoms with Crippen molar-refractivity contribution in [3.8, 4) is 0 Å². The van der Waals surface area contributed by atoms with Gasteiger partial charge in [0.25, 0.3) is 11.6 Å². The minimum atomic E-state index is -0.494.